The predicted molar refractivity (Wildman–Crippen MR) is 105 cm³/mol. The summed E-state index contributed by atoms with van der Waals surface area (Å²) in [7, 11) is 0. The van der Waals surface area contributed by atoms with Crippen molar-refractivity contribution in [1.29, 1.82) is 0 Å². The lowest BCUT2D eigenvalue weighted by molar-refractivity contribution is -0.132. The van der Waals surface area contributed by atoms with Crippen molar-refractivity contribution in [2.75, 3.05) is 16.0 Å². The zero-order valence-electron chi connectivity index (χ0n) is 13.7. The maximum Gasteiger partial charge on any atom is 0.314 e. The van der Waals surface area contributed by atoms with E-state index in [-0.39, 0.29) is 0 Å². The van der Waals surface area contributed by atoms with E-state index in [1.807, 2.05) is 42.5 Å². The first kappa shape index (κ1) is 17.5. The molecule has 0 spiro atoms. The van der Waals surface area contributed by atoms with Crippen molar-refractivity contribution < 1.29 is 9.59 Å². The topological polar surface area (TPSA) is 70.2 Å². The highest BCUT2D eigenvalue weighted by Gasteiger charge is 2.14. The second kappa shape index (κ2) is 8.18. The number of carbonyl (C=O) groups excluding carboxylic acids is 2. The molecule has 0 bridgehead atoms. The molecule has 0 heterocycles. The molecule has 2 amide bonds. The second-order valence-electron chi connectivity index (χ2n) is 5.48. The molecule has 0 aliphatic heterocycles. The summed E-state index contributed by atoms with van der Waals surface area (Å²) in [4.78, 5) is 23.9. The number of carbonyl (C=O) groups is 2. The minimum absolute atomic E-state index is 0.497. The normalized spacial score (nSPS) is 10.0. The Morgan fingerprint density at radius 1 is 0.577 bits per heavy atom. The first-order valence-corrected chi connectivity index (χ1v) is 8.28. The fraction of sp³-hybridized carbons (Fsp3) is 0. The molecular weight excluding hydrogens is 350 g/mol. The summed E-state index contributed by atoms with van der Waals surface area (Å²) >= 11 is 5.78. The van der Waals surface area contributed by atoms with E-state index >= 15 is 0 Å². The largest absolute Gasteiger partial charge is 0.356 e. The molecule has 0 unspecified atom stereocenters. The van der Waals surface area contributed by atoms with Gasteiger partial charge in [0.15, 0.2) is 0 Å². The van der Waals surface area contributed by atoms with Crippen molar-refractivity contribution in [3.63, 3.8) is 0 Å². The Morgan fingerprint density at radius 2 is 1.00 bits per heavy atom. The summed E-state index contributed by atoms with van der Waals surface area (Å²) in [5.41, 5.74) is 2.86. The van der Waals surface area contributed by atoms with Gasteiger partial charge < -0.3 is 16.0 Å². The molecule has 130 valence electrons. The third-order valence-corrected chi connectivity index (χ3v) is 3.77. The molecule has 0 aromatic heterocycles. The van der Waals surface area contributed by atoms with E-state index in [9.17, 15) is 9.59 Å². The monoisotopic (exact) mass is 365 g/mol. The Bertz CT molecular complexity index is 895. The second-order valence-corrected chi connectivity index (χ2v) is 5.92. The van der Waals surface area contributed by atoms with Crippen LogP contribution in [-0.2, 0) is 9.59 Å². The van der Waals surface area contributed by atoms with Gasteiger partial charge in [-0.2, -0.15) is 0 Å². The minimum atomic E-state index is -0.751. The Labute approximate surface area is 156 Å². The number of hydrogen-bond acceptors (Lipinski definition) is 3. The number of halogens is 1. The number of nitrogens with one attached hydrogen (secondary N) is 3. The summed E-state index contributed by atoms with van der Waals surface area (Å²) < 4.78 is 0. The smallest absolute Gasteiger partial charge is 0.314 e. The summed E-state index contributed by atoms with van der Waals surface area (Å²) in [6.07, 6.45) is 0. The Kier molecular flexibility index (Phi) is 5.51. The lowest BCUT2D eigenvalue weighted by atomic mass is 10.2. The molecule has 3 rings (SSSR count). The SMILES string of the molecule is O=C(Nc1ccc(Cl)cc1)C(=O)Nc1ccc(Nc2ccccc2)cc1. The van der Waals surface area contributed by atoms with E-state index in [0.717, 1.165) is 11.4 Å². The van der Waals surface area contributed by atoms with E-state index in [1.54, 1.807) is 36.4 Å². The average molecular weight is 366 g/mol. The average Bonchev–Trinajstić information content (AvgIpc) is 2.66. The Morgan fingerprint density at radius 3 is 1.54 bits per heavy atom. The van der Waals surface area contributed by atoms with Crippen LogP contribution in [0.3, 0.4) is 0 Å². The van der Waals surface area contributed by atoms with Crippen LogP contribution in [0.1, 0.15) is 0 Å². The number of para-hydroxylation sites is 1. The highest BCUT2D eigenvalue weighted by atomic mass is 35.5. The molecule has 0 aliphatic rings. The third kappa shape index (κ3) is 4.84. The van der Waals surface area contributed by atoms with Crippen molar-refractivity contribution in [3.05, 3.63) is 83.9 Å². The maximum atomic E-state index is 12.0. The van der Waals surface area contributed by atoms with Crippen LogP contribution in [0.2, 0.25) is 5.02 Å². The molecule has 3 aromatic rings. The van der Waals surface area contributed by atoms with Crippen LogP contribution in [0, 0.1) is 0 Å². The van der Waals surface area contributed by atoms with Gasteiger partial charge in [0.2, 0.25) is 0 Å². The minimum Gasteiger partial charge on any atom is -0.356 e. The fourth-order valence-electron chi connectivity index (χ4n) is 2.23. The van der Waals surface area contributed by atoms with Crippen LogP contribution in [0.4, 0.5) is 22.7 Å². The van der Waals surface area contributed by atoms with E-state index < -0.39 is 11.8 Å². The van der Waals surface area contributed by atoms with Crippen molar-refractivity contribution in [2.45, 2.75) is 0 Å². The van der Waals surface area contributed by atoms with E-state index in [2.05, 4.69) is 16.0 Å². The van der Waals surface area contributed by atoms with Gasteiger partial charge in [0.25, 0.3) is 0 Å². The molecule has 0 radical (unpaired) electrons. The molecule has 5 nitrogen and oxygen atoms in total. The summed E-state index contributed by atoms with van der Waals surface area (Å²) in [6, 6.07) is 23.3. The zero-order valence-corrected chi connectivity index (χ0v) is 14.5. The number of amides is 2. The van der Waals surface area contributed by atoms with E-state index in [1.165, 1.54) is 0 Å². The number of anilines is 4. The van der Waals surface area contributed by atoms with Gasteiger partial charge in [-0.1, -0.05) is 29.8 Å². The maximum absolute atomic E-state index is 12.0. The summed E-state index contributed by atoms with van der Waals surface area (Å²) in [5, 5.41) is 8.86. The van der Waals surface area contributed by atoms with Crippen LogP contribution in [0.5, 0.6) is 0 Å². The first-order valence-electron chi connectivity index (χ1n) is 7.90. The van der Waals surface area contributed by atoms with Crippen LogP contribution in [-0.4, -0.2) is 11.8 Å². The highest BCUT2D eigenvalue weighted by molar-refractivity contribution is 6.43. The van der Waals surface area contributed by atoms with Crippen molar-refractivity contribution in [2.24, 2.45) is 0 Å². The van der Waals surface area contributed by atoms with Gasteiger partial charge in [-0.3, -0.25) is 9.59 Å². The van der Waals surface area contributed by atoms with E-state index in [0.29, 0.717) is 16.4 Å². The Balaban J connectivity index is 1.57. The summed E-state index contributed by atoms with van der Waals surface area (Å²) in [5.74, 6) is -1.50. The first-order chi connectivity index (χ1) is 12.6. The molecule has 0 atom stereocenters. The molecule has 26 heavy (non-hydrogen) atoms. The number of benzene rings is 3. The van der Waals surface area contributed by atoms with Gasteiger partial charge >= 0.3 is 11.8 Å². The molecule has 0 aliphatic carbocycles. The van der Waals surface area contributed by atoms with Crippen LogP contribution in [0.15, 0.2) is 78.9 Å². The quantitative estimate of drug-likeness (QED) is 0.589. The van der Waals surface area contributed by atoms with Crippen LogP contribution >= 0.6 is 11.6 Å². The van der Waals surface area contributed by atoms with Gasteiger partial charge in [-0.15, -0.1) is 0 Å². The van der Waals surface area contributed by atoms with Crippen LogP contribution < -0.4 is 16.0 Å². The predicted octanol–water partition coefficient (Wildman–Crippen LogP) is 4.66. The van der Waals surface area contributed by atoms with Crippen molar-refractivity contribution in [1.82, 2.24) is 0 Å². The molecular formula is C20H16ClN3O2. The molecule has 6 heteroatoms. The van der Waals surface area contributed by atoms with Gasteiger partial charge in [-0.05, 0) is 60.7 Å². The standard InChI is InChI=1S/C20H16ClN3O2/c21-14-6-8-17(9-7-14)23-19(25)20(26)24-18-12-10-16(11-13-18)22-15-4-2-1-3-5-15/h1-13,22H,(H,23,25)(H,24,26). The lowest BCUT2D eigenvalue weighted by Crippen LogP contribution is -2.29. The molecule has 0 saturated carbocycles. The van der Waals surface area contributed by atoms with Gasteiger partial charge in [0, 0.05) is 27.8 Å². The number of rotatable bonds is 4. The van der Waals surface area contributed by atoms with Gasteiger partial charge in [0.05, 0.1) is 0 Å². The lowest BCUT2D eigenvalue weighted by Gasteiger charge is -2.09. The summed E-state index contributed by atoms with van der Waals surface area (Å²) in [6.45, 7) is 0. The third-order valence-electron chi connectivity index (χ3n) is 3.51. The Hall–Kier alpha value is -3.31. The van der Waals surface area contributed by atoms with Crippen LogP contribution in [0.25, 0.3) is 0 Å². The number of hydrogen-bond donors (Lipinski definition) is 3. The molecule has 3 N–H and O–H groups in total. The molecule has 3 aromatic carbocycles. The van der Waals surface area contributed by atoms with Crippen molar-refractivity contribution >= 4 is 46.2 Å². The van der Waals surface area contributed by atoms with Crippen molar-refractivity contribution in [3.8, 4) is 0 Å². The molecule has 0 fully saturated rings. The zero-order chi connectivity index (χ0) is 18.4. The fourth-order valence-corrected chi connectivity index (χ4v) is 2.36. The van der Waals surface area contributed by atoms with Gasteiger partial charge in [0.1, 0.15) is 0 Å². The highest BCUT2D eigenvalue weighted by Crippen LogP contribution is 2.19. The molecule has 0 saturated heterocycles. The van der Waals surface area contributed by atoms with Gasteiger partial charge in [-0.25, -0.2) is 0 Å². The van der Waals surface area contributed by atoms with E-state index in [4.69, 9.17) is 11.6 Å².